The predicted molar refractivity (Wildman–Crippen MR) is 421 cm³/mol. The molecule has 0 atom stereocenters. The van der Waals surface area contributed by atoms with Crippen LogP contribution in [0.5, 0.6) is 17.2 Å². The fourth-order valence-corrected chi connectivity index (χ4v) is 17.3. The molecule has 7 N–H and O–H groups in total. The number of phenols is 1. The number of nitrogens with one attached hydrogen (secondary N) is 2. The van der Waals surface area contributed by atoms with Gasteiger partial charge in [-0.2, -0.15) is 0 Å². The molecule has 0 bridgehead atoms. The average Bonchev–Trinajstić information content (AvgIpc) is 1.65. The van der Waals surface area contributed by atoms with E-state index >= 15 is 0 Å². The van der Waals surface area contributed by atoms with E-state index in [1.165, 1.54) is 25.6 Å². The topological polar surface area (TPSA) is 321 Å². The predicted octanol–water partition coefficient (Wildman–Crippen LogP) is 13.9. The Labute approximate surface area is 642 Å². The standard InChI is InChI=1S/C25H33N3O4SSi.C24H38N2O3SSi2.C18H17N3O4S.C7H11NO2.CH4.Li.H2O/c1-25(2,3)34(5,6)32-17-11-12-20-21(14-17)33-24-26-16(15-28(20)24)10-13-22(29)27-19-9-7-8-18(19)23(30)31-4;1-23(2,3)31(7,8)28-18-12-13-19-20(15-18)30-22-25-17(16-26(19)22)11-14-21(27)29-32(9,10)24(4,5)6;22-11-5-6-14-15(8-11)26-18-19-10(9-21(14)18)4-7-16(23)20-13-3-1-2-12(13)17(24)25;1-10-7(9)5-3-2-4-6(5)8;;;/h11-12,14-15H,7-10,13H2,1-6H3,(H,27,29);12-13,15-16H,11,14H2,1-10H3;5-6,8-9,22H,1-4,7H2,(H,20,23)(H,24,25);2-4,8H2,1H3;1H4;;1H2/q;;;;;+1;/p-1. The number of rotatable bonds is 19. The first kappa shape index (κ1) is 86.3. The van der Waals surface area contributed by atoms with Crippen molar-refractivity contribution in [1.82, 2.24) is 38.8 Å². The van der Waals surface area contributed by atoms with Crippen LogP contribution in [0.2, 0.25) is 54.4 Å². The number of fused-ring (bicyclic) bond motifs is 9. The van der Waals surface area contributed by atoms with Crippen LogP contribution in [-0.2, 0) is 61.9 Å². The number of ether oxygens (including phenoxy) is 2. The van der Waals surface area contributed by atoms with Gasteiger partial charge in [-0.05, 0) is 167 Å². The molecule has 3 aliphatic rings. The van der Waals surface area contributed by atoms with Gasteiger partial charge in [0, 0.05) is 74.2 Å². The minimum Gasteiger partial charge on any atom is -0.870 e. The molecule has 30 heteroatoms. The van der Waals surface area contributed by atoms with Crippen LogP contribution in [0.3, 0.4) is 0 Å². The first-order valence-electron chi connectivity index (χ1n) is 34.7. The van der Waals surface area contributed by atoms with E-state index in [9.17, 15) is 33.9 Å². The summed E-state index contributed by atoms with van der Waals surface area (Å²) in [6, 6.07) is 17.7. The number of hydrogen-bond acceptors (Lipinski definition) is 20. The number of allylic oxidation sites excluding steroid dienone is 3. The number of aromatic nitrogens is 6. The summed E-state index contributed by atoms with van der Waals surface area (Å²) in [5.74, 6) is 0.0759. The third-order valence-corrected chi connectivity index (χ3v) is 36.2. The van der Waals surface area contributed by atoms with Crippen molar-refractivity contribution in [3.63, 3.8) is 0 Å². The van der Waals surface area contributed by atoms with Crippen LogP contribution >= 0.6 is 34.0 Å². The van der Waals surface area contributed by atoms with Gasteiger partial charge in [-0.15, -0.1) is 0 Å². The molecule has 0 saturated heterocycles. The summed E-state index contributed by atoms with van der Waals surface area (Å²) in [6.45, 7) is 33.1. The van der Waals surface area contributed by atoms with Gasteiger partial charge < -0.3 is 54.8 Å². The number of carboxylic acids is 1. The minimum absolute atomic E-state index is 0. The molecule has 0 aliphatic heterocycles. The summed E-state index contributed by atoms with van der Waals surface area (Å²) in [4.78, 5) is 87.6. The summed E-state index contributed by atoms with van der Waals surface area (Å²) in [5, 5.41) is 24.7. The SMILES string of the molecule is C.CC(C)(C)[Si](C)(C)OC(=O)CCc1cn2c(n1)sc1cc(O[Si](C)(C)C(C)(C)C)ccc12.COC(=O)C1=C(N)CCC1.COC(=O)C1=C(NC(=O)CCc2cn3c(n2)sc2cc(O[Si](C)(C)C(C)(C)C)ccc23)CCC1.O=C(CCc1cn2c(n1)sc1cc(O)ccc12)NC1=C(C(=O)O)CCC1.[Li+].[OH-]. The second kappa shape index (κ2) is 35.0. The van der Waals surface area contributed by atoms with Crippen LogP contribution in [0.15, 0.2) is 107 Å². The maximum atomic E-state index is 12.5. The van der Waals surface area contributed by atoms with E-state index in [4.69, 9.17) is 38.8 Å². The van der Waals surface area contributed by atoms with E-state index in [0.29, 0.717) is 91.6 Å². The molecule has 564 valence electrons. The van der Waals surface area contributed by atoms with Crippen LogP contribution in [0.25, 0.3) is 45.5 Å². The van der Waals surface area contributed by atoms with Gasteiger partial charge in [0.2, 0.25) is 28.4 Å². The van der Waals surface area contributed by atoms with Crippen molar-refractivity contribution in [2.75, 3.05) is 14.2 Å². The van der Waals surface area contributed by atoms with E-state index in [0.717, 1.165) is 106 Å². The van der Waals surface area contributed by atoms with E-state index in [1.54, 1.807) is 34.8 Å². The molecule has 3 aliphatic carbocycles. The Bertz CT molecular complexity index is 4770. The number of carboxylic acid groups (broad SMARTS) is 1. The third kappa shape index (κ3) is 21.0. The van der Waals surface area contributed by atoms with Gasteiger partial charge >= 0.3 is 36.8 Å². The van der Waals surface area contributed by atoms with Crippen molar-refractivity contribution in [3.8, 4) is 17.2 Å². The molecule has 0 radical (unpaired) electrons. The molecule has 2 amide bonds. The van der Waals surface area contributed by atoms with Crippen LogP contribution < -0.4 is 44.1 Å². The number of aryl methyl sites for hydroxylation is 3. The quantitative estimate of drug-likeness (QED) is 0.0371. The second-order valence-electron chi connectivity index (χ2n) is 30.7. The Morgan fingerprint density at radius 2 is 0.886 bits per heavy atom. The Hall–Kier alpha value is -7.60. The summed E-state index contributed by atoms with van der Waals surface area (Å²) in [6.07, 6.45) is 15.1. The third-order valence-electron chi connectivity index (χ3n) is 20.1. The van der Waals surface area contributed by atoms with E-state index in [2.05, 4.69) is 161 Å². The Kier molecular flexibility index (Phi) is 28.7. The van der Waals surface area contributed by atoms with Crippen molar-refractivity contribution in [2.45, 2.75) is 220 Å². The molecule has 0 saturated carbocycles. The number of nitrogens with zero attached hydrogens (tertiary/aromatic N) is 6. The van der Waals surface area contributed by atoms with Crippen LogP contribution in [0.1, 0.15) is 164 Å². The number of carbonyl (C=O) groups is 6. The smallest absolute Gasteiger partial charge is 0.870 e. The van der Waals surface area contributed by atoms with Gasteiger partial charge in [-0.25, -0.2) is 29.3 Å². The first-order chi connectivity index (χ1) is 47.7. The zero-order chi connectivity index (χ0) is 74.6. The number of aliphatic carboxylic acids is 1. The number of hydrogen-bond donors (Lipinski definition) is 5. The molecule has 9 aromatic rings. The van der Waals surface area contributed by atoms with Gasteiger partial charge in [0.15, 0.2) is 14.9 Å². The van der Waals surface area contributed by atoms with Gasteiger partial charge in [-0.3, -0.25) is 27.6 Å². The number of thiazole rings is 3. The number of carbonyl (C=O) groups excluding carboxylic acids is 5. The van der Waals surface area contributed by atoms with Gasteiger partial charge in [0.25, 0.3) is 14.3 Å². The largest absolute Gasteiger partial charge is 1.00 e. The normalized spacial score (nSPS) is 14.2. The van der Waals surface area contributed by atoms with Crippen LogP contribution in [0, 0.1) is 0 Å². The first-order valence-corrected chi connectivity index (χ1v) is 45.8. The molecule has 6 heterocycles. The molecule has 0 fully saturated rings. The summed E-state index contributed by atoms with van der Waals surface area (Å²) in [5.41, 5.74) is 14.8. The molecule has 3 aromatic carbocycles. The van der Waals surface area contributed by atoms with E-state index in [1.807, 2.05) is 35.1 Å². The molecule has 0 unspecified atom stereocenters. The van der Waals surface area contributed by atoms with Gasteiger partial charge in [0.05, 0.1) is 78.7 Å². The monoisotopic (exact) mass is 1540 g/mol. The molecule has 105 heavy (non-hydrogen) atoms. The summed E-state index contributed by atoms with van der Waals surface area (Å²) in [7, 11) is -3.11. The second-order valence-corrected chi connectivity index (χ2v) is 47.9. The van der Waals surface area contributed by atoms with Gasteiger partial charge in [0.1, 0.15) is 17.2 Å². The van der Waals surface area contributed by atoms with Crippen molar-refractivity contribution in [1.29, 1.82) is 0 Å². The summed E-state index contributed by atoms with van der Waals surface area (Å²) < 4.78 is 37.5. The number of esters is 2. The number of benzene rings is 3. The number of imidazole rings is 3. The van der Waals surface area contributed by atoms with Crippen molar-refractivity contribution in [3.05, 3.63) is 124 Å². The molecular formula is C75H104LiN9O14S3Si3. The van der Waals surface area contributed by atoms with Crippen LogP contribution in [0.4, 0.5) is 0 Å². The molecule has 12 rings (SSSR count). The number of methoxy groups -OCH3 is 2. The minimum atomic E-state index is -2.08. The zero-order valence-electron chi connectivity index (χ0n) is 63.4. The fraction of sp³-hybridized carbons (Fsp3) is 0.480. The number of phenolic OH excluding ortho intramolecular Hbond substituents is 1. The fourth-order valence-electron chi connectivity index (χ4n) is 11.1. The molecule has 23 nitrogen and oxygen atoms in total. The summed E-state index contributed by atoms with van der Waals surface area (Å²) >= 11 is 4.76. The van der Waals surface area contributed by atoms with Crippen molar-refractivity contribution in [2.24, 2.45) is 5.73 Å². The van der Waals surface area contributed by atoms with E-state index < -0.39 is 30.9 Å². The molecule has 6 aromatic heterocycles. The average molecular weight is 1540 g/mol. The van der Waals surface area contributed by atoms with E-state index in [-0.39, 0.29) is 88.8 Å². The van der Waals surface area contributed by atoms with Crippen LogP contribution in [-0.4, -0.2) is 119 Å². The maximum Gasteiger partial charge on any atom is 1.00 e. The zero-order valence-corrected chi connectivity index (χ0v) is 68.8. The Morgan fingerprint density at radius 1 is 0.524 bits per heavy atom. The molecule has 0 spiro atoms. The number of aromatic hydroxyl groups is 1. The number of amides is 2. The number of nitrogens with two attached hydrogens (primary N) is 1. The van der Waals surface area contributed by atoms with Crippen molar-refractivity contribution >= 4 is 140 Å². The molecular weight excluding hydrogens is 1440 g/mol. The Morgan fingerprint density at radius 3 is 1.28 bits per heavy atom. The Balaban J connectivity index is 0.000000229. The van der Waals surface area contributed by atoms with Gasteiger partial charge in [-0.1, -0.05) is 104 Å². The maximum absolute atomic E-state index is 12.5. The van der Waals surface area contributed by atoms with Crippen molar-refractivity contribution < 1.29 is 86.1 Å².